The fourth-order valence-electron chi connectivity index (χ4n) is 4.09. The molecule has 0 radical (unpaired) electrons. The van der Waals surface area contributed by atoms with Crippen molar-refractivity contribution in [1.29, 1.82) is 0 Å². The van der Waals surface area contributed by atoms with Crippen LogP contribution in [0.15, 0.2) is 41.5 Å². The zero-order valence-corrected chi connectivity index (χ0v) is 17.0. The summed E-state index contributed by atoms with van der Waals surface area (Å²) in [5, 5.41) is 1.05. The number of nitrogens with one attached hydrogen (secondary N) is 1. The van der Waals surface area contributed by atoms with Gasteiger partial charge in [-0.15, -0.1) is 0 Å². The van der Waals surface area contributed by atoms with Gasteiger partial charge in [-0.1, -0.05) is 0 Å². The number of fused-ring (bicyclic) bond motifs is 1. The van der Waals surface area contributed by atoms with Crippen LogP contribution in [0.25, 0.3) is 22.2 Å². The molecule has 1 amide bonds. The number of amides is 1. The van der Waals surface area contributed by atoms with Gasteiger partial charge in [0.25, 0.3) is 5.56 Å². The summed E-state index contributed by atoms with van der Waals surface area (Å²) in [5.41, 5.74) is 4.04. The SMILES string of the molecule is COC(=O)N1CCC(c2cc3c(-c4ccc(=O)n(C(C)C)c4)ccnc3[nH]2)CC1. The Morgan fingerprint density at radius 1 is 1.24 bits per heavy atom. The molecule has 0 aromatic carbocycles. The number of hydrogen-bond acceptors (Lipinski definition) is 4. The third-order valence-electron chi connectivity index (χ3n) is 5.73. The number of piperidine rings is 1. The first-order valence-electron chi connectivity index (χ1n) is 10.0. The molecular formula is C22H26N4O3. The summed E-state index contributed by atoms with van der Waals surface area (Å²) in [7, 11) is 1.42. The number of H-pyrrole nitrogens is 1. The summed E-state index contributed by atoms with van der Waals surface area (Å²) in [5.74, 6) is 0.350. The minimum atomic E-state index is -0.260. The van der Waals surface area contributed by atoms with Gasteiger partial charge in [0.15, 0.2) is 0 Å². The monoisotopic (exact) mass is 394 g/mol. The van der Waals surface area contributed by atoms with Crippen molar-refractivity contribution in [3.05, 3.63) is 52.7 Å². The van der Waals surface area contributed by atoms with E-state index in [0.717, 1.165) is 40.7 Å². The van der Waals surface area contributed by atoms with Gasteiger partial charge in [0.05, 0.1) is 7.11 Å². The first kappa shape index (κ1) is 19.2. The molecular weight excluding hydrogens is 368 g/mol. The number of rotatable bonds is 3. The molecule has 7 nitrogen and oxygen atoms in total. The first-order chi connectivity index (χ1) is 14.0. The van der Waals surface area contributed by atoms with Gasteiger partial charge < -0.3 is 19.2 Å². The number of aromatic nitrogens is 3. The highest BCUT2D eigenvalue weighted by molar-refractivity contribution is 5.93. The molecule has 1 fully saturated rings. The lowest BCUT2D eigenvalue weighted by atomic mass is 9.93. The van der Waals surface area contributed by atoms with E-state index in [1.54, 1.807) is 21.7 Å². The smallest absolute Gasteiger partial charge is 0.409 e. The van der Waals surface area contributed by atoms with Gasteiger partial charge in [-0.3, -0.25) is 4.79 Å². The van der Waals surface area contributed by atoms with Gasteiger partial charge >= 0.3 is 6.09 Å². The Bertz CT molecular complexity index is 1090. The van der Waals surface area contributed by atoms with Crippen molar-refractivity contribution in [1.82, 2.24) is 19.4 Å². The van der Waals surface area contributed by atoms with E-state index in [1.165, 1.54) is 7.11 Å². The molecule has 1 N–H and O–H groups in total. The minimum absolute atomic E-state index is 0.00109. The molecule has 0 bridgehead atoms. The zero-order valence-electron chi connectivity index (χ0n) is 17.0. The van der Waals surface area contributed by atoms with Crippen molar-refractivity contribution < 1.29 is 9.53 Å². The fraction of sp³-hybridized carbons (Fsp3) is 0.409. The zero-order chi connectivity index (χ0) is 20.5. The molecule has 0 aliphatic carbocycles. The molecule has 4 heterocycles. The van der Waals surface area contributed by atoms with Crippen LogP contribution in [-0.4, -0.2) is 45.7 Å². The summed E-state index contributed by atoms with van der Waals surface area (Å²) >= 11 is 0. The predicted octanol–water partition coefficient (Wildman–Crippen LogP) is 3.92. The van der Waals surface area contributed by atoms with Crippen LogP contribution in [0.5, 0.6) is 0 Å². The summed E-state index contributed by atoms with van der Waals surface area (Å²) in [6.07, 6.45) is 5.22. The van der Waals surface area contributed by atoms with Gasteiger partial charge in [0, 0.05) is 54.6 Å². The number of carbonyl (C=O) groups excluding carboxylic acids is 1. The van der Waals surface area contributed by atoms with E-state index < -0.39 is 0 Å². The molecule has 3 aromatic heterocycles. The lowest BCUT2D eigenvalue weighted by Crippen LogP contribution is -2.37. The third kappa shape index (κ3) is 3.64. The quantitative estimate of drug-likeness (QED) is 0.730. The van der Waals surface area contributed by atoms with E-state index in [-0.39, 0.29) is 17.7 Å². The predicted molar refractivity (Wildman–Crippen MR) is 112 cm³/mol. The number of nitrogens with zero attached hydrogens (tertiary/aromatic N) is 3. The maximum Gasteiger partial charge on any atom is 0.409 e. The maximum atomic E-state index is 12.1. The van der Waals surface area contributed by atoms with E-state index in [1.807, 2.05) is 32.2 Å². The minimum Gasteiger partial charge on any atom is -0.453 e. The van der Waals surface area contributed by atoms with E-state index >= 15 is 0 Å². The average Bonchev–Trinajstić information content (AvgIpc) is 3.18. The highest BCUT2D eigenvalue weighted by Gasteiger charge is 2.25. The lowest BCUT2D eigenvalue weighted by Gasteiger charge is -2.30. The molecule has 29 heavy (non-hydrogen) atoms. The van der Waals surface area contributed by atoms with Gasteiger partial charge in [-0.2, -0.15) is 0 Å². The van der Waals surface area contributed by atoms with Crippen LogP contribution in [0.3, 0.4) is 0 Å². The molecule has 1 saturated heterocycles. The summed E-state index contributed by atoms with van der Waals surface area (Å²) in [4.78, 5) is 33.6. The van der Waals surface area contributed by atoms with Crippen LogP contribution in [0.2, 0.25) is 0 Å². The molecule has 4 rings (SSSR count). The standard InChI is InChI=1S/C22H26N4O3/c1-14(2)26-13-16(4-5-20(26)27)17-6-9-23-21-18(17)12-19(24-21)15-7-10-25(11-8-15)22(28)29-3/h4-6,9,12-15H,7-8,10-11H2,1-3H3,(H,23,24). The van der Waals surface area contributed by atoms with Gasteiger partial charge in [-0.05, 0) is 56.0 Å². The highest BCUT2D eigenvalue weighted by Crippen LogP contribution is 2.33. The molecule has 0 atom stereocenters. The topological polar surface area (TPSA) is 80.2 Å². The molecule has 3 aromatic rings. The molecule has 1 aliphatic rings. The highest BCUT2D eigenvalue weighted by atomic mass is 16.5. The Balaban J connectivity index is 1.66. The van der Waals surface area contributed by atoms with E-state index in [0.29, 0.717) is 19.0 Å². The number of aromatic amines is 1. The normalized spacial score (nSPS) is 15.2. The van der Waals surface area contributed by atoms with E-state index in [2.05, 4.69) is 16.0 Å². The van der Waals surface area contributed by atoms with Crippen molar-refractivity contribution in [2.24, 2.45) is 0 Å². The lowest BCUT2D eigenvalue weighted by molar-refractivity contribution is 0.112. The van der Waals surface area contributed by atoms with Crippen molar-refractivity contribution in [2.75, 3.05) is 20.2 Å². The maximum absolute atomic E-state index is 12.1. The van der Waals surface area contributed by atoms with Gasteiger partial charge in [0.1, 0.15) is 5.65 Å². The summed E-state index contributed by atoms with van der Waals surface area (Å²) in [6.45, 7) is 5.38. The fourth-order valence-corrected chi connectivity index (χ4v) is 4.09. The summed E-state index contributed by atoms with van der Waals surface area (Å²) in [6, 6.07) is 7.75. The van der Waals surface area contributed by atoms with Crippen molar-refractivity contribution in [2.45, 2.75) is 38.6 Å². The summed E-state index contributed by atoms with van der Waals surface area (Å²) < 4.78 is 6.57. The average molecular weight is 394 g/mol. The third-order valence-corrected chi connectivity index (χ3v) is 5.73. The van der Waals surface area contributed by atoms with Crippen molar-refractivity contribution in [3.8, 4) is 11.1 Å². The number of methoxy groups -OCH3 is 1. The molecule has 0 spiro atoms. The molecule has 152 valence electrons. The molecule has 7 heteroatoms. The van der Waals surface area contributed by atoms with E-state index in [9.17, 15) is 9.59 Å². The Labute approximate surface area is 169 Å². The number of carbonyl (C=O) groups is 1. The van der Waals surface area contributed by atoms with Gasteiger partial charge in [-0.25, -0.2) is 9.78 Å². The van der Waals surface area contributed by atoms with Crippen LogP contribution < -0.4 is 5.56 Å². The van der Waals surface area contributed by atoms with Crippen molar-refractivity contribution in [3.63, 3.8) is 0 Å². The van der Waals surface area contributed by atoms with Crippen LogP contribution >= 0.6 is 0 Å². The largest absolute Gasteiger partial charge is 0.453 e. The molecule has 1 aliphatic heterocycles. The molecule has 0 saturated carbocycles. The Morgan fingerprint density at radius 2 is 2.00 bits per heavy atom. The second kappa shape index (κ2) is 7.73. The van der Waals surface area contributed by atoms with Crippen LogP contribution in [0.4, 0.5) is 4.79 Å². The van der Waals surface area contributed by atoms with Gasteiger partial charge in [0.2, 0.25) is 0 Å². The number of hydrogen-bond donors (Lipinski definition) is 1. The Morgan fingerprint density at radius 3 is 2.69 bits per heavy atom. The Kier molecular flexibility index (Phi) is 5.13. The number of likely N-dealkylation sites (tertiary alicyclic amines) is 1. The van der Waals surface area contributed by atoms with E-state index in [4.69, 9.17) is 4.74 Å². The molecule has 0 unspecified atom stereocenters. The second-order valence-corrected chi connectivity index (χ2v) is 7.83. The van der Waals surface area contributed by atoms with Crippen LogP contribution in [-0.2, 0) is 4.74 Å². The number of ether oxygens (including phenoxy) is 1. The second-order valence-electron chi connectivity index (χ2n) is 7.83. The Hall–Kier alpha value is -3.09. The van der Waals surface area contributed by atoms with Crippen molar-refractivity contribution >= 4 is 17.1 Å². The van der Waals surface area contributed by atoms with Crippen LogP contribution in [0, 0.1) is 0 Å². The first-order valence-corrected chi connectivity index (χ1v) is 10.0. The number of pyridine rings is 2. The van der Waals surface area contributed by atoms with Crippen LogP contribution in [0.1, 0.15) is 44.3 Å².